The van der Waals surface area contributed by atoms with Crippen LogP contribution in [-0.2, 0) is 19.6 Å². The third-order valence-electron chi connectivity index (χ3n) is 7.16. The highest BCUT2D eigenvalue weighted by Gasteiger charge is 2.25. The van der Waals surface area contributed by atoms with E-state index in [4.69, 9.17) is 0 Å². The normalized spacial score (nSPS) is 18.6. The number of hydrogen-bond acceptors (Lipinski definition) is 5. The predicted octanol–water partition coefficient (Wildman–Crippen LogP) is 4.94. The molecule has 0 saturated heterocycles. The van der Waals surface area contributed by atoms with Crippen molar-refractivity contribution in [3.63, 3.8) is 0 Å². The van der Waals surface area contributed by atoms with E-state index >= 15 is 0 Å². The predicted molar refractivity (Wildman–Crippen MR) is 125 cm³/mol. The van der Waals surface area contributed by atoms with Gasteiger partial charge >= 0.3 is 0 Å². The maximum absolute atomic E-state index is 4.63. The molecule has 6 heteroatoms. The Bertz CT molecular complexity index is 1070. The van der Waals surface area contributed by atoms with Crippen molar-refractivity contribution in [1.29, 1.82) is 0 Å². The minimum absolute atomic E-state index is 0.785. The van der Waals surface area contributed by atoms with Gasteiger partial charge < -0.3 is 19.7 Å². The first-order valence-corrected chi connectivity index (χ1v) is 11.7. The highest BCUT2D eigenvalue weighted by molar-refractivity contribution is 5.81. The second kappa shape index (κ2) is 7.91. The first-order chi connectivity index (χ1) is 15.3. The van der Waals surface area contributed by atoms with Crippen LogP contribution >= 0.6 is 0 Å². The number of benzene rings is 1. The lowest BCUT2D eigenvalue weighted by atomic mass is 9.88. The van der Waals surface area contributed by atoms with Gasteiger partial charge in [-0.3, -0.25) is 0 Å². The van der Waals surface area contributed by atoms with Crippen LogP contribution in [-0.4, -0.2) is 27.6 Å². The number of hydrogen-bond donors (Lipinski definition) is 1. The summed E-state index contributed by atoms with van der Waals surface area (Å²) in [6.45, 7) is 4.96. The van der Waals surface area contributed by atoms with E-state index in [-0.39, 0.29) is 0 Å². The van der Waals surface area contributed by atoms with E-state index in [1.54, 1.807) is 0 Å². The van der Waals surface area contributed by atoms with Gasteiger partial charge in [0.1, 0.15) is 5.82 Å². The monoisotopic (exact) mass is 414 g/mol. The Kier molecular flexibility index (Phi) is 4.78. The van der Waals surface area contributed by atoms with Crippen LogP contribution in [0.3, 0.4) is 0 Å². The summed E-state index contributed by atoms with van der Waals surface area (Å²) in [6, 6.07) is 11.2. The van der Waals surface area contributed by atoms with Gasteiger partial charge in [0, 0.05) is 49.8 Å². The Morgan fingerprint density at radius 1 is 1.03 bits per heavy atom. The minimum Gasteiger partial charge on any atom is -0.365 e. The lowest BCUT2D eigenvalue weighted by Gasteiger charge is -2.34. The molecule has 2 aromatic heterocycles. The number of rotatable bonds is 3. The number of nitrogens with one attached hydrogen (secondary N) is 1. The van der Waals surface area contributed by atoms with Crippen LogP contribution in [0.5, 0.6) is 0 Å². The number of pyridine rings is 1. The average Bonchev–Trinajstić information content (AvgIpc) is 3.23. The summed E-state index contributed by atoms with van der Waals surface area (Å²) in [7, 11) is 0. The molecule has 1 saturated carbocycles. The SMILES string of the molecule is c1cnc2c(c1)CN(CC1CCCCC1)c1cc(N3CCn4cncc4C3)ccc1N2. The van der Waals surface area contributed by atoms with Gasteiger partial charge in [-0.05, 0) is 43.0 Å². The van der Waals surface area contributed by atoms with Gasteiger partial charge in [-0.15, -0.1) is 0 Å². The van der Waals surface area contributed by atoms with Crippen LogP contribution in [0.25, 0.3) is 0 Å². The number of aromatic nitrogens is 3. The largest absolute Gasteiger partial charge is 0.365 e. The maximum Gasteiger partial charge on any atom is 0.135 e. The lowest BCUT2D eigenvalue weighted by Crippen LogP contribution is -2.33. The number of nitrogens with zero attached hydrogens (tertiary/aromatic N) is 5. The maximum atomic E-state index is 4.63. The highest BCUT2D eigenvalue weighted by atomic mass is 15.2. The van der Waals surface area contributed by atoms with Crippen LogP contribution in [0.15, 0.2) is 49.1 Å². The van der Waals surface area contributed by atoms with E-state index < -0.39 is 0 Å². The van der Waals surface area contributed by atoms with Crippen molar-refractivity contribution < 1.29 is 0 Å². The fourth-order valence-corrected chi connectivity index (χ4v) is 5.43. The lowest BCUT2D eigenvalue weighted by molar-refractivity contribution is 0.357. The quantitative estimate of drug-likeness (QED) is 0.658. The molecule has 160 valence electrons. The molecule has 2 aliphatic heterocycles. The third-order valence-corrected chi connectivity index (χ3v) is 7.16. The van der Waals surface area contributed by atoms with Gasteiger partial charge in [0.05, 0.1) is 29.9 Å². The van der Waals surface area contributed by atoms with Crippen LogP contribution in [0.1, 0.15) is 43.4 Å². The molecule has 3 aromatic rings. The molecule has 0 atom stereocenters. The molecule has 1 aliphatic carbocycles. The molecule has 3 aliphatic rings. The zero-order valence-corrected chi connectivity index (χ0v) is 18.0. The number of imidazole rings is 1. The molecule has 1 aromatic carbocycles. The van der Waals surface area contributed by atoms with Gasteiger partial charge in [-0.2, -0.15) is 0 Å². The van der Waals surface area contributed by atoms with Crippen LogP contribution in [0.4, 0.5) is 22.9 Å². The van der Waals surface area contributed by atoms with E-state index in [9.17, 15) is 0 Å². The second-order valence-corrected chi connectivity index (χ2v) is 9.22. The molecule has 0 bridgehead atoms. The Morgan fingerprint density at radius 2 is 1.97 bits per heavy atom. The van der Waals surface area contributed by atoms with E-state index in [0.29, 0.717) is 0 Å². The molecule has 0 spiro atoms. The summed E-state index contributed by atoms with van der Waals surface area (Å²) in [4.78, 5) is 14.0. The van der Waals surface area contributed by atoms with Crippen LogP contribution in [0.2, 0.25) is 0 Å². The van der Waals surface area contributed by atoms with Crippen molar-refractivity contribution >= 4 is 22.9 Å². The zero-order valence-electron chi connectivity index (χ0n) is 18.0. The number of fused-ring (bicyclic) bond motifs is 3. The molecule has 1 fully saturated rings. The first-order valence-electron chi connectivity index (χ1n) is 11.7. The minimum atomic E-state index is 0.785. The topological polar surface area (TPSA) is 49.2 Å². The van der Waals surface area contributed by atoms with Crippen molar-refractivity contribution in [3.8, 4) is 0 Å². The molecule has 0 radical (unpaired) electrons. The fourth-order valence-electron chi connectivity index (χ4n) is 5.43. The van der Waals surface area contributed by atoms with Crippen molar-refractivity contribution in [2.45, 2.75) is 51.7 Å². The Morgan fingerprint density at radius 3 is 2.90 bits per heavy atom. The average molecular weight is 415 g/mol. The molecule has 4 heterocycles. The highest BCUT2D eigenvalue weighted by Crippen LogP contribution is 2.39. The molecular weight excluding hydrogens is 384 g/mol. The Hall–Kier alpha value is -3.02. The van der Waals surface area contributed by atoms with Crippen molar-refractivity contribution in [2.75, 3.05) is 28.2 Å². The summed E-state index contributed by atoms with van der Waals surface area (Å²) in [6.07, 6.45) is 12.7. The van der Waals surface area contributed by atoms with E-state index in [2.05, 4.69) is 60.0 Å². The molecule has 1 N–H and O–H groups in total. The van der Waals surface area contributed by atoms with Gasteiger partial charge in [-0.1, -0.05) is 25.3 Å². The van der Waals surface area contributed by atoms with E-state index in [1.807, 2.05) is 18.7 Å². The Balaban J connectivity index is 1.34. The fraction of sp³-hybridized carbons (Fsp3) is 0.440. The summed E-state index contributed by atoms with van der Waals surface area (Å²) in [5.41, 5.74) is 6.33. The smallest absolute Gasteiger partial charge is 0.135 e. The first kappa shape index (κ1) is 18.7. The summed E-state index contributed by atoms with van der Waals surface area (Å²) >= 11 is 0. The van der Waals surface area contributed by atoms with Crippen molar-refractivity contribution in [2.24, 2.45) is 5.92 Å². The standard InChI is InChI=1S/C25H30N6/c1-2-5-19(6-3-1)15-31-16-20-7-4-10-27-25(20)28-23-9-8-21(13-24(23)31)29-11-12-30-18-26-14-22(30)17-29/h4,7-10,13-14,18-19H,1-3,5-6,11-12,15-17H2,(H,27,28). The molecular formula is C25H30N6. The summed E-state index contributed by atoms with van der Waals surface area (Å²) in [5, 5.41) is 3.63. The van der Waals surface area contributed by atoms with Crippen LogP contribution < -0.4 is 15.1 Å². The molecule has 0 unspecified atom stereocenters. The van der Waals surface area contributed by atoms with Gasteiger partial charge in [0.2, 0.25) is 0 Å². The molecule has 0 amide bonds. The van der Waals surface area contributed by atoms with E-state index in [0.717, 1.165) is 44.5 Å². The van der Waals surface area contributed by atoms with Gasteiger partial charge in [-0.25, -0.2) is 9.97 Å². The number of anilines is 4. The molecule has 31 heavy (non-hydrogen) atoms. The zero-order chi connectivity index (χ0) is 20.6. The van der Waals surface area contributed by atoms with E-state index in [1.165, 1.54) is 60.4 Å². The second-order valence-electron chi connectivity index (χ2n) is 9.22. The van der Waals surface area contributed by atoms with Gasteiger partial charge in [0.25, 0.3) is 0 Å². The summed E-state index contributed by atoms with van der Waals surface area (Å²) in [5.74, 6) is 1.78. The third kappa shape index (κ3) is 3.64. The van der Waals surface area contributed by atoms with Gasteiger partial charge in [0.15, 0.2) is 0 Å². The van der Waals surface area contributed by atoms with Crippen molar-refractivity contribution in [3.05, 3.63) is 60.3 Å². The van der Waals surface area contributed by atoms with Crippen molar-refractivity contribution in [1.82, 2.24) is 14.5 Å². The Labute approximate surface area is 183 Å². The molecule has 6 nitrogen and oxygen atoms in total. The molecule has 6 rings (SSSR count). The van der Waals surface area contributed by atoms with Crippen LogP contribution in [0, 0.1) is 5.92 Å². The summed E-state index contributed by atoms with van der Waals surface area (Å²) < 4.78 is 2.26.